The summed E-state index contributed by atoms with van der Waals surface area (Å²) in [7, 11) is 0. The quantitative estimate of drug-likeness (QED) is 0.596. The standard InChI is InChI=1S/C9H6Cl2F4O2/c10-3-4-1-5(11)2-6(16-8(12)13)7(4)17-9(14)15/h1-2,8-9H,3H2. The molecule has 0 aromatic heterocycles. The van der Waals surface area contributed by atoms with Gasteiger partial charge in [0.25, 0.3) is 0 Å². The van der Waals surface area contributed by atoms with Crippen molar-refractivity contribution < 1.29 is 27.0 Å². The van der Waals surface area contributed by atoms with Gasteiger partial charge in [-0.05, 0) is 6.07 Å². The minimum atomic E-state index is -3.18. The highest BCUT2D eigenvalue weighted by atomic mass is 35.5. The monoisotopic (exact) mass is 292 g/mol. The third kappa shape index (κ3) is 4.12. The molecule has 0 amide bonds. The highest BCUT2D eigenvalue weighted by Crippen LogP contribution is 2.37. The molecule has 0 bridgehead atoms. The number of hydrogen-bond donors (Lipinski definition) is 0. The smallest absolute Gasteiger partial charge is 0.387 e. The summed E-state index contributed by atoms with van der Waals surface area (Å²) in [6.45, 7) is -6.37. The van der Waals surface area contributed by atoms with Crippen LogP contribution in [0.3, 0.4) is 0 Å². The average molecular weight is 293 g/mol. The van der Waals surface area contributed by atoms with E-state index in [1.54, 1.807) is 0 Å². The van der Waals surface area contributed by atoms with Crippen molar-refractivity contribution >= 4 is 23.2 Å². The molecule has 0 atom stereocenters. The maximum absolute atomic E-state index is 12.1. The van der Waals surface area contributed by atoms with E-state index < -0.39 is 24.7 Å². The summed E-state index contributed by atoms with van der Waals surface area (Å²) in [4.78, 5) is 0. The van der Waals surface area contributed by atoms with Crippen molar-refractivity contribution in [2.75, 3.05) is 0 Å². The fourth-order valence-corrected chi connectivity index (χ4v) is 1.56. The number of ether oxygens (including phenoxy) is 2. The minimum absolute atomic E-state index is 0.0258. The van der Waals surface area contributed by atoms with Crippen molar-refractivity contribution in [1.82, 2.24) is 0 Å². The van der Waals surface area contributed by atoms with Gasteiger partial charge in [-0.2, -0.15) is 17.6 Å². The van der Waals surface area contributed by atoms with Crippen LogP contribution in [-0.4, -0.2) is 13.2 Å². The van der Waals surface area contributed by atoms with E-state index in [4.69, 9.17) is 23.2 Å². The molecule has 1 aromatic rings. The molecule has 0 unspecified atom stereocenters. The van der Waals surface area contributed by atoms with E-state index in [1.807, 2.05) is 0 Å². The molecule has 0 aliphatic heterocycles. The van der Waals surface area contributed by atoms with E-state index >= 15 is 0 Å². The average Bonchev–Trinajstić information content (AvgIpc) is 2.20. The zero-order chi connectivity index (χ0) is 13.0. The molecular formula is C9H6Cl2F4O2. The van der Waals surface area contributed by atoms with Crippen molar-refractivity contribution in [1.29, 1.82) is 0 Å². The third-order valence-corrected chi connectivity index (χ3v) is 2.17. The molecule has 1 aromatic carbocycles. The normalized spacial score (nSPS) is 11.1. The molecule has 0 fully saturated rings. The molecular weight excluding hydrogens is 287 g/mol. The molecule has 0 aliphatic carbocycles. The SMILES string of the molecule is FC(F)Oc1cc(Cl)cc(CCl)c1OC(F)F. The lowest BCUT2D eigenvalue weighted by atomic mass is 10.2. The summed E-state index contributed by atoms with van der Waals surface area (Å²) < 4.78 is 56.5. The molecule has 96 valence electrons. The number of rotatable bonds is 5. The minimum Gasteiger partial charge on any atom is -0.431 e. The molecule has 8 heteroatoms. The number of benzene rings is 1. The van der Waals surface area contributed by atoms with Crippen molar-refractivity contribution in [3.8, 4) is 11.5 Å². The molecule has 0 saturated heterocycles. The lowest BCUT2D eigenvalue weighted by Gasteiger charge is -2.14. The van der Waals surface area contributed by atoms with Gasteiger partial charge in [-0.25, -0.2) is 0 Å². The van der Waals surface area contributed by atoms with Crippen LogP contribution >= 0.6 is 23.2 Å². The van der Waals surface area contributed by atoms with Crippen LogP contribution in [-0.2, 0) is 5.88 Å². The predicted octanol–water partition coefficient (Wildman–Crippen LogP) is 4.28. The Kier molecular flexibility index (Phi) is 5.14. The summed E-state index contributed by atoms with van der Waals surface area (Å²) in [5, 5.41) is 0.0258. The summed E-state index contributed by atoms with van der Waals surface area (Å²) in [5.74, 6) is -1.36. The zero-order valence-electron chi connectivity index (χ0n) is 8.10. The van der Waals surface area contributed by atoms with Crippen LogP contribution in [0.1, 0.15) is 5.56 Å². The fourth-order valence-electron chi connectivity index (χ4n) is 1.13. The Morgan fingerprint density at radius 2 is 1.65 bits per heavy atom. The van der Waals surface area contributed by atoms with Crippen molar-refractivity contribution in [3.05, 3.63) is 22.7 Å². The molecule has 0 aliphatic rings. The van der Waals surface area contributed by atoms with Crippen LogP contribution in [0.15, 0.2) is 12.1 Å². The highest BCUT2D eigenvalue weighted by Gasteiger charge is 2.19. The second-order valence-electron chi connectivity index (χ2n) is 2.78. The van der Waals surface area contributed by atoms with E-state index in [0.717, 1.165) is 6.07 Å². The number of halogens is 6. The first kappa shape index (κ1) is 14.2. The molecule has 0 spiro atoms. The van der Waals surface area contributed by atoms with Gasteiger partial charge in [0.2, 0.25) is 0 Å². The first-order chi connectivity index (χ1) is 7.93. The van der Waals surface area contributed by atoms with Gasteiger partial charge < -0.3 is 9.47 Å². The largest absolute Gasteiger partial charge is 0.431 e. The van der Waals surface area contributed by atoms with E-state index in [-0.39, 0.29) is 16.5 Å². The van der Waals surface area contributed by atoms with Gasteiger partial charge in [0.15, 0.2) is 11.5 Å². The molecule has 17 heavy (non-hydrogen) atoms. The van der Waals surface area contributed by atoms with Crippen molar-refractivity contribution in [3.63, 3.8) is 0 Å². The van der Waals surface area contributed by atoms with Gasteiger partial charge in [0, 0.05) is 16.7 Å². The van der Waals surface area contributed by atoms with Crippen molar-refractivity contribution in [2.24, 2.45) is 0 Å². The predicted molar refractivity (Wildman–Crippen MR) is 54.3 cm³/mol. The van der Waals surface area contributed by atoms with E-state index in [1.165, 1.54) is 6.07 Å². The Bertz CT molecular complexity index is 388. The van der Waals surface area contributed by atoms with Gasteiger partial charge in [0.1, 0.15) is 0 Å². The maximum atomic E-state index is 12.1. The first-order valence-corrected chi connectivity index (χ1v) is 5.13. The second-order valence-corrected chi connectivity index (χ2v) is 3.49. The Morgan fingerprint density at radius 1 is 1.06 bits per heavy atom. The fraction of sp³-hybridized carbons (Fsp3) is 0.333. The maximum Gasteiger partial charge on any atom is 0.387 e. The van der Waals surface area contributed by atoms with Crippen LogP contribution in [0.5, 0.6) is 11.5 Å². The van der Waals surface area contributed by atoms with Crippen LogP contribution in [0.2, 0.25) is 5.02 Å². The Morgan fingerprint density at radius 3 is 2.12 bits per heavy atom. The molecule has 0 saturated carbocycles. The third-order valence-electron chi connectivity index (χ3n) is 1.66. The zero-order valence-corrected chi connectivity index (χ0v) is 9.61. The lowest BCUT2D eigenvalue weighted by Crippen LogP contribution is -2.09. The van der Waals surface area contributed by atoms with Gasteiger partial charge in [-0.3, -0.25) is 0 Å². The van der Waals surface area contributed by atoms with Crippen LogP contribution in [0.25, 0.3) is 0 Å². The molecule has 0 N–H and O–H groups in total. The number of hydrogen-bond acceptors (Lipinski definition) is 2. The summed E-state index contributed by atoms with van der Waals surface area (Å²) in [5.41, 5.74) is 0.0371. The Hall–Kier alpha value is -0.880. The summed E-state index contributed by atoms with van der Waals surface area (Å²) in [6, 6.07) is 2.17. The Labute approximate surface area is 104 Å². The summed E-state index contributed by atoms with van der Waals surface area (Å²) in [6.07, 6.45) is 0. The topological polar surface area (TPSA) is 18.5 Å². The molecule has 2 nitrogen and oxygen atoms in total. The van der Waals surface area contributed by atoms with E-state index in [2.05, 4.69) is 9.47 Å². The second kappa shape index (κ2) is 6.16. The van der Waals surface area contributed by atoms with Gasteiger partial charge in [-0.1, -0.05) is 11.6 Å². The molecule has 0 heterocycles. The van der Waals surface area contributed by atoms with Gasteiger partial charge in [0.05, 0.1) is 5.88 Å². The van der Waals surface area contributed by atoms with Gasteiger partial charge in [-0.15, -0.1) is 11.6 Å². The van der Waals surface area contributed by atoms with Gasteiger partial charge >= 0.3 is 13.2 Å². The molecule has 0 radical (unpaired) electrons. The van der Waals surface area contributed by atoms with Crippen molar-refractivity contribution in [2.45, 2.75) is 19.1 Å². The molecule has 1 rings (SSSR count). The highest BCUT2D eigenvalue weighted by molar-refractivity contribution is 6.31. The van der Waals surface area contributed by atoms with E-state index in [0.29, 0.717) is 0 Å². The first-order valence-electron chi connectivity index (χ1n) is 4.22. The number of alkyl halides is 5. The summed E-state index contributed by atoms with van der Waals surface area (Å²) >= 11 is 11.1. The lowest BCUT2D eigenvalue weighted by molar-refractivity contribution is -0.0695. The van der Waals surface area contributed by atoms with Crippen LogP contribution in [0.4, 0.5) is 17.6 Å². The van der Waals surface area contributed by atoms with E-state index in [9.17, 15) is 17.6 Å². The van der Waals surface area contributed by atoms with Crippen LogP contribution < -0.4 is 9.47 Å². The van der Waals surface area contributed by atoms with Crippen LogP contribution in [0, 0.1) is 0 Å². The Balaban J connectivity index is 3.18.